The molecular weight excluding hydrogens is 289 g/mol. The number of urea groups is 1. The van der Waals surface area contributed by atoms with Crippen molar-refractivity contribution in [3.05, 3.63) is 24.0 Å². The predicted molar refractivity (Wildman–Crippen MR) is 71.0 cm³/mol. The van der Waals surface area contributed by atoms with Crippen molar-refractivity contribution in [2.24, 2.45) is 0 Å². The number of alkyl halides is 2. The minimum Gasteiger partial charge on any atom is -0.433 e. The maximum Gasteiger partial charge on any atom is 0.387 e. The van der Waals surface area contributed by atoms with E-state index in [9.17, 15) is 23.1 Å². The van der Waals surface area contributed by atoms with Crippen LogP contribution in [0.1, 0.15) is 20.3 Å². The first-order chi connectivity index (χ1) is 9.79. The topological polar surface area (TPSA) is 70.6 Å². The number of hydrogen-bond acceptors (Lipinski definition) is 3. The molecule has 0 aliphatic heterocycles. The lowest BCUT2D eigenvalue weighted by Crippen LogP contribution is -2.50. The molecule has 0 saturated carbocycles. The molecule has 0 fully saturated rings. The maximum atomic E-state index is 13.2. The van der Waals surface area contributed by atoms with E-state index in [0.717, 1.165) is 18.2 Å². The molecule has 0 radical (unpaired) electrons. The van der Waals surface area contributed by atoms with Crippen molar-refractivity contribution < 1.29 is 27.8 Å². The molecule has 3 N–H and O–H groups in total. The van der Waals surface area contributed by atoms with Crippen LogP contribution >= 0.6 is 0 Å². The van der Waals surface area contributed by atoms with Gasteiger partial charge in [-0.1, -0.05) is 6.92 Å². The third-order valence-corrected chi connectivity index (χ3v) is 2.95. The van der Waals surface area contributed by atoms with Gasteiger partial charge >= 0.3 is 12.6 Å². The number of benzene rings is 1. The normalized spacial score (nSPS) is 13.7. The molecule has 0 spiro atoms. The Bertz CT molecular complexity index is 494. The van der Waals surface area contributed by atoms with Gasteiger partial charge in [-0.05, 0) is 25.5 Å². The third-order valence-electron chi connectivity index (χ3n) is 2.95. The van der Waals surface area contributed by atoms with E-state index in [1.165, 1.54) is 0 Å². The minimum atomic E-state index is -3.10. The summed E-state index contributed by atoms with van der Waals surface area (Å²) >= 11 is 0. The molecule has 8 heteroatoms. The van der Waals surface area contributed by atoms with Crippen molar-refractivity contribution in [3.8, 4) is 5.75 Å². The van der Waals surface area contributed by atoms with E-state index < -0.39 is 24.0 Å². The fraction of sp³-hybridized carbons (Fsp3) is 0.462. The number of halogens is 3. The van der Waals surface area contributed by atoms with Crippen LogP contribution in [0.15, 0.2) is 18.2 Å². The highest BCUT2D eigenvalue weighted by Gasteiger charge is 2.24. The number of amides is 2. The van der Waals surface area contributed by atoms with Crippen LogP contribution in [0, 0.1) is 5.82 Å². The Morgan fingerprint density at radius 3 is 2.67 bits per heavy atom. The zero-order chi connectivity index (χ0) is 16.0. The van der Waals surface area contributed by atoms with E-state index in [1.807, 2.05) is 0 Å². The Labute approximate surface area is 120 Å². The van der Waals surface area contributed by atoms with Crippen molar-refractivity contribution in [2.45, 2.75) is 32.4 Å². The molecule has 1 aromatic carbocycles. The summed E-state index contributed by atoms with van der Waals surface area (Å²) in [5.41, 5.74) is -1.11. The minimum absolute atomic E-state index is 0.232. The van der Waals surface area contributed by atoms with E-state index in [4.69, 9.17) is 0 Å². The van der Waals surface area contributed by atoms with E-state index in [1.54, 1.807) is 13.8 Å². The summed E-state index contributed by atoms with van der Waals surface area (Å²) in [6, 6.07) is 2.02. The maximum absolute atomic E-state index is 13.2. The number of aliphatic hydroxyl groups excluding tert-OH is 1. The van der Waals surface area contributed by atoms with E-state index in [0.29, 0.717) is 6.42 Å². The average Bonchev–Trinajstić information content (AvgIpc) is 2.41. The summed E-state index contributed by atoms with van der Waals surface area (Å²) in [6.07, 6.45) is 0.445. The summed E-state index contributed by atoms with van der Waals surface area (Å²) in [7, 11) is 0. The van der Waals surface area contributed by atoms with Crippen LogP contribution in [0.5, 0.6) is 5.75 Å². The highest BCUT2D eigenvalue weighted by atomic mass is 19.3. The SMILES string of the molecule is CCC(C)(CO)NC(=O)Nc1cc(F)ccc1OC(F)F. The monoisotopic (exact) mass is 306 g/mol. The summed E-state index contributed by atoms with van der Waals surface area (Å²) in [6.45, 7) is -0.0448. The summed E-state index contributed by atoms with van der Waals surface area (Å²) in [4.78, 5) is 11.8. The molecule has 2 amide bonds. The fourth-order valence-electron chi connectivity index (χ4n) is 1.47. The number of carbonyl (C=O) groups excluding carboxylic acids is 1. The lowest BCUT2D eigenvalue weighted by Gasteiger charge is -2.27. The van der Waals surface area contributed by atoms with Gasteiger partial charge in [-0.15, -0.1) is 0 Å². The van der Waals surface area contributed by atoms with Gasteiger partial charge in [0, 0.05) is 6.07 Å². The predicted octanol–water partition coefficient (Wildman–Crippen LogP) is 2.71. The van der Waals surface area contributed by atoms with Gasteiger partial charge in [0.25, 0.3) is 0 Å². The van der Waals surface area contributed by atoms with Crippen LogP contribution < -0.4 is 15.4 Å². The van der Waals surface area contributed by atoms with Crippen LogP contribution in [0.25, 0.3) is 0 Å². The first-order valence-corrected chi connectivity index (χ1v) is 6.24. The molecule has 118 valence electrons. The third kappa shape index (κ3) is 5.14. The number of nitrogens with one attached hydrogen (secondary N) is 2. The van der Waals surface area contributed by atoms with Crippen LogP contribution in [0.4, 0.5) is 23.7 Å². The molecule has 0 bridgehead atoms. The van der Waals surface area contributed by atoms with Crippen LogP contribution in [0.2, 0.25) is 0 Å². The van der Waals surface area contributed by atoms with Crippen molar-refractivity contribution >= 4 is 11.7 Å². The summed E-state index contributed by atoms with van der Waals surface area (Å²) < 4.78 is 41.8. The number of carbonyl (C=O) groups is 1. The molecule has 0 aliphatic carbocycles. The van der Waals surface area contributed by atoms with E-state index in [-0.39, 0.29) is 18.0 Å². The standard InChI is InChI=1S/C13H17F3N2O3/c1-3-13(2,7-19)18-12(20)17-9-6-8(14)4-5-10(9)21-11(15)16/h4-6,11,19H,3,7H2,1-2H3,(H2,17,18,20). The zero-order valence-corrected chi connectivity index (χ0v) is 11.6. The quantitative estimate of drug-likeness (QED) is 0.757. The smallest absolute Gasteiger partial charge is 0.387 e. The second-order valence-electron chi connectivity index (χ2n) is 4.67. The van der Waals surface area contributed by atoms with Gasteiger partial charge in [-0.3, -0.25) is 0 Å². The Hall–Kier alpha value is -1.96. The highest BCUT2D eigenvalue weighted by Crippen LogP contribution is 2.27. The van der Waals surface area contributed by atoms with Crippen LogP contribution in [-0.4, -0.2) is 29.9 Å². The Morgan fingerprint density at radius 2 is 2.14 bits per heavy atom. The van der Waals surface area contributed by atoms with Gasteiger partial charge < -0.3 is 20.5 Å². The number of hydrogen-bond donors (Lipinski definition) is 3. The molecule has 0 heterocycles. The van der Waals surface area contributed by atoms with Crippen molar-refractivity contribution in [1.29, 1.82) is 0 Å². The number of aliphatic hydroxyl groups is 1. The lowest BCUT2D eigenvalue weighted by atomic mass is 10.0. The molecule has 1 aromatic rings. The molecule has 0 saturated heterocycles. The number of ether oxygens (including phenoxy) is 1. The van der Waals surface area contributed by atoms with Crippen LogP contribution in [0.3, 0.4) is 0 Å². The first-order valence-electron chi connectivity index (χ1n) is 6.24. The number of rotatable bonds is 6. The van der Waals surface area contributed by atoms with Crippen LogP contribution in [-0.2, 0) is 0 Å². The molecule has 0 aromatic heterocycles. The van der Waals surface area contributed by atoms with Crippen molar-refractivity contribution in [2.75, 3.05) is 11.9 Å². The van der Waals surface area contributed by atoms with E-state index >= 15 is 0 Å². The van der Waals surface area contributed by atoms with Gasteiger partial charge in [-0.2, -0.15) is 8.78 Å². The van der Waals surface area contributed by atoms with Gasteiger partial charge in [0.05, 0.1) is 17.8 Å². The fourth-order valence-corrected chi connectivity index (χ4v) is 1.47. The summed E-state index contributed by atoms with van der Waals surface area (Å²) in [5.74, 6) is -1.07. The summed E-state index contributed by atoms with van der Waals surface area (Å²) in [5, 5.41) is 13.9. The van der Waals surface area contributed by atoms with Gasteiger partial charge in [0.1, 0.15) is 11.6 Å². The van der Waals surface area contributed by atoms with Crippen molar-refractivity contribution in [3.63, 3.8) is 0 Å². The Morgan fingerprint density at radius 1 is 1.48 bits per heavy atom. The largest absolute Gasteiger partial charge is 0.433 e. The Balaban J connectivity index is 2.86. The molecule has 5 nitrogen and oxygen atoms in total. The average molecular weight is 306 g/mol. The molecule has 1 atom stereocenters. The molecule has 1 unspecified atom stereocenters. The second kappa shape index (κ2) is 7.16. The highest BCUT2D eigenvalue weighted by molar-refractivity contribution is 5.91. The zero-order valence-electron chi connectivity index (χ0n) is 11.6. The number of anilines is 1. The Kier molecular flexibility index (Phi) is 5.83. The van der Waals surface area contributed by atoms with Crippen molar-refractivity contribution in [1.82, 2.24) is 5.32 Å². The van der Waals surface area contributed by atoms with Gasteiger partial charge in [0.2, 0.25) is 0 Å². The van der Waals surface area contributed by atoms with Gasteiger partial charge in [-0.25, -0.2) is 9.18 Å². The molecular formula is C13H17F3N2O3. The molecule has 21 heavy (non-hydrogen) atoms. The first kappa shape index (κ1) is 17.1. The van der Waals surface area contributed by atoms with Gasteiger partial charge in [0.15, 0.2) is 0 Å². The molecule has 1 rings (SSSR count). The van der Waals surface area contributed by atoms with E-state index in [2.05, 4.69) is 15.4 Å². The lowest BCUT2D eigenvalue weighted by molar-refractivity contribution is -0.0494. The molecule has 0 aliphatic rings. The second-order valence-corrected chi connectivity index (χ2v) is 4.67.